The molecule has 19 heavy (non-hydrogen) atoms. The second kappa shape index (κ2) is 7.46. The van der Waals surface area contributed by atoms with E-state index in [1.165, 1.54) is 19.3 Å². The molecule has 0 spiro atoms. The molecule has 0 aromatic rings. The number of fused-ring (bicyclic) bond motifs is 2. The maximum Gasteiger partial charge on any atom is 0.225 e. The van der Waals surface area contributed by atoms with Gasteiger partial charge in [-0.15, -0.1) is 12.4 Å². The lowest BCUT2D eigenvalue weighted by Crippen LogP contribution is -2.54. The van der Waals surface area contributed by atoms with Crippen LogP contribution in [-0.2, 0) is 9.53 Å². The molecule has 0 heterocycles. The number of nitrogens with two attached hydrogens (primary N) is 1. The normalized spacial score (nSPS) is 35.1. The summed E-state index contributed by atoms with van der Waals surface area (Å²) in [5, 5.41) is 3.25. The van der Waals surface area contributed by atoms with Crippen LogP contribution in [0.1, 0.15) is 39.0 Å². The van der Waals surface area contributed by atoms with Gasteiger partial charge in [0.15, 0.2) is 0 Å². The fourth-order valence-corrected chi connectivity index (χ4v) is 3.66. The molecule has 112 valence electrons. The van der Waals surface area contributed by atoms with E-state index < -0.39 is 0 Å². The third-order valence-electron chi connectivity index (χ3n) is 4.55. The van der Waals surface area contributed by atoms with Gasteiger partial charge in [-0.25, -0.2) is 0 Å². The molecule has 2 bridgehead atoms. The smallest absolute Gasteiger partial charge is 0.225 e. The molecule has 3 unspecified atom stereocenters. The number of rotatable bonds is 4. The number of carbonyl (C=O) groups excluding carboxylic acids is 1. The summed E-state index contributed by atoms with van der Waals surface area (Å²) < 4.78 is 5.04. The van der Waals surface area contributed by atoms with Crippen molar-refractivity contribution >= 4 is 18.3 Å². The predicted octanol–water partition coefficient (Wildman–Crippen LogP) is 1.71. The Kier molecular flexibility index (Phi) is 6.57. The zero-order chi connectivity index (χ0) is 13.1. The third-order valence-corrected chi connectivity index (χ3v) is 4.55. The number of ether oxygens (including phenoxy) is 1. The second-order valence-electron chi connectivity index (χ2n) is 6.07. The van der Waals surface area contributed by atoms with Crippen molar-refractivity contribution in [3.63, 3.8) is 0 Å². The number of methoxy groups -OCH3 is 1. The summed E-state index contributed by atoms with van der Waals surface area (Å²) in [4.78, 5) is 12.1. The highest BCUT2D eigenvalue weighted by molar-refractivity contribution is 5.85. The average Bonchev–Trinajstić information content (AvgIpc) is 2.30. The highest BCUT2D eigenvalue weighted by atomic mass is 35.5. The largest absolute Gasteiger partial charge is 0.384 e. The van der Waals surface area contributed by atoms with E-state index in [0.717, 1.165) is 12.8 Å². The highest BCUT2D eigenvalue weighted by Crippen LogP contribution is 2.39. The van der Waals surface area contributed by atoms with E-state index in [9.17, 15) is 4.79 Å². The Labute approximate surface area is 122 Å². The maximum atomic E-state index is 12.1. The van der Waals surface area contributed by atoms with Crippen molar-refractivity contribution in [3.8, 4) is 0 Å². The minimum absolute atomic E-state index is 0. The molecule has 0 aromatic heterocycles. The van der Waals surface area contributed by atoms with Crippen LogP contribution in [0.15, 0.2) is 0 Å². The van der Waals surface area contributed by atoms with Gasteiger partial charge in [-0.05, 0) is 37.5 Å². The fraction of sp³-hybridized carbons (Fsp3) is 0.929. The van der Waals surface area contributed by atoms with Crippen LogP contribution in [0.5, 0.6) is 0 Å². The first-order valence-electron chi connectivity index (χ1n) is 7.16. The Morgan fingerprint density at radius 3 is 2.47 bits per heavy atom. The molecule has 2 rings (SSSR count). The van der Waals surface area contributed by atoms with Crippen LogP contribution in [0.25, 0.3) is 0 Å². The Balaban J connectivity index is 0.00000180. The first-order valence-corrected chi connectivity index (χ1v) is 7.16. The SMILES string of the molecule is COCC(C)C(=O)NC1C2CCCC1CC(N)C2.Cl. The molecule has 0 saturated heterocycles. The lowest BCUT2D eigenvalue weighted by molar-refractivity contribution is -0.128. The van der Waals surface area contributed by atoms with Crippen molar-refractivity contribution in [2.45, 2.75) is 51.1 Å². The predicted molar refractivity (Wildman–Crippen MR) is 78.3 cm³/mol. The number of nitrogens with one attached hydrogen (secondary N) is 1. The number of hydrogen-bond acceptors (Lipinski definition) is 3. The topological polar surface area (TPSA) is 64.3 Å². The highest BCUT2D eigenvalue weighted by Gasteiger charge is 2.40. The summed E-state index contributed by atoms with van der Waals surface area (Å²) in [5.74, 6) is 1.25. The van der Waals surface area contributed by atoms with Crippen LogP contribution in [0, 0.1) is 17.8 Å². The lowest BCUT2D eigenvalue weighted by Gasteiger charge is -2.45. The fourth-order valence-electron chi connectivity index (χ4n) is 3.66. The van der Waals surface area contributed by atoms with Gasteiger partial charge < -0.3 is 15.8 Å². The average molecular weight is 291 g/mol. The Bertz CT molecular complexity index is 287. The zero-order valence-corrected chi connectivity index (χ0v) is 12.7. The summed E-state index contributed by atoms with van der Waals surface area (Å²) >= 11 is 0. The maximum absolute atomic E-state index is 12.1. The van der Waals surface area contributed by atoms with E-state index in [4.69, 9.17) is 10.5 Å². The van der Waals surface area contributed by atoms with Crippen LogP contribution in [0.4, 0.5) is 0 Å². The second-order valence-corrected chi connectivity index (χ2v) is 6.07. The number of halogens is 1. The number of hydrogen-bond donors (Lipinski definition) is 2. The molecule has 4 nitrogen and oxygen atoms in total. The van der Waals surface area contributed by atoms with Gasteiger partial charge in [-0.3, -0.25) is 4.79 Å². The van der Waals surface area contributed by atoms with E-state index in [0.29, 0.717) is 30.5 Å². The Hall–Kier alpha value is -0.320. The van der Waals surface area contributed by atoms with E-state index in [1.54, 1.807) is 7.11 Å². The summed E-state index contributed by atoms with van der Waals surface area (Å²) in [6.07, 6.45) is 5.86. The van der Waals surface area contributed by atoms with Crippen molar-refractivity contribution in [3.05, 3.63) is 0 Å². The van der Waals surface area contributed by atoms with Gasteiger partial charge in [0.2, 0.25) is 5.91 Å². The van der Waals surface area contributed by atoms with Gasteiger partial charge in [0.25, 0.3) is 0 Å². The molecule has 0 aliphatic heterocycles. The minimum Gasteiger partial charge on any atom is -0.384 e. The first kappa shape index (κ1) is 16.7. The van der Waals surface area contributed by atoms with Gasteiger partial charge in [0.1, 0.15) is 0 Å². The van der Waals surface area contributed by atoms with Crippen LogP contribution in [-0.4, -0.2) is 31.7 Å². The quantitative estimate of drug-likeness (QED) is 0.828. The van der Waals surface area contributed by atoms with Gasteiger partial charge in [0.05, 0.1) is 12.5 Å². The lowest BCUT2D eigenvalue weighted by atomic mass is 9.67. The summed E-state index contributed by atoms with van der Waals surface area (Å²) in [5.41, 5.74) is 6.09. The van der Waals surface area contributed by atoms with Crippen LogP contribution in [0.3, 0.4) is 0 Å². The molecular weight excluding hydrogens is 264 g/mol. The van der Waals surface area contributed by atoms with Crippen molar-refractivity contribution in [2.75, 3.05) is 13.7 Å². The third kappa shape index (κ3) is 4.07. The molecule has 1 amide bonds. The molecule has 2 aliphatic carbocycles. The Morgan fingerprint density at radius 2 is 1.95 bits per heavy atom. The van der Waals surface area contributed by atoms with E-state index in [-0.39, 0.29) is 24.2 Å². The summed E-state index contributed by atoms with van der Waals surface area (Å²) in [6, 6.07) is 0.690. The Morgan fingerprint density at radius 1 is 1.37 bits per heavy atom. The van der Waals surface area contributed by atoms with Crippen molar-refractivity contribution in [1.29, 1.82) is 0 Å². The molecule has 2 fully saturated rings. The van der Waals surface area contributed by atoms with Crippen molar-refractivity contribution in [1.82, 2.24) is 5.32 Å². The molecule has 0 aromatic carbocycles. The van der Waals surface area contributed by atoms with Crippen molar-refractivity contribution in [2.24, 2.45) is 23.5 Å². The molecule has 3 N–H and O–H groups in total. The van der Waals surface area contributed by atoms with Crippen LogP contribution < -0.4 is 11.1 Å². The minimum atomic E-state index is -0.0636. The standard InChI is InChI=1S/C14H26N2O2.ClH/c1-9(8-18-2)14(17)16-13-10-4-3-5-11(13)7-12(15)6-10;/h9-13H,3-8,15H2,1-2H3,(H,16,17);1H. The van der Waals surface area contributed by atoms with Gasteiger partial charge in [-0.1, -0.05) is 13.3 Å². The monoisotopic (exact) mass is 290 g/mol. The molecular formula is C14H27ClN2O2. The zero-order valence-electron chi connectivity index (χ0n) is 11.9. The molecule has 2 aliphatic rings. The van der Waals surface area contributed by atoms with Gasteiger partial charge >= 0.3 is 0 Å². The van der Waals surface area contributed by atoms with Crippen molar-refractivity contribution < 1.29 is 9.53 Å². The van der Waals surface area contributed by atoms with E-state index in [2.05, 4.69) is 5.32 Å². The molecule has 0 radical (unpaired) electrons. The molecule has 2 saturated carbocycles. The summed E-state index contributed by atoms with van der Waals surface area (Å²) in [6.45, 7) is 2.41. The van der Waals surface area contributed by atoms with Gasteiger partial charge in [-0.2, -0.15) is 0 Å². The molecule has 3 atom stereocenters. The molecule has 5 heteroatoms. The first-order chi connectivity index (χ1) is 8.61. The number of amides is 1. The summed E-state index contributed by atoms with van der Waals surface area (Å²) in [7, 11) is 1.64. The van der Waals surface area contributed by atoms with Crippen LogP contribution in [0.2, 0.25) is 0 Å². The van der Waals surface area contributed by atoms with Crippen LogP contribution >= 0.6 is 12.4 Å². The van der Waals surface area contributed by atoms with E-state index in [1.807, 2.05) is 6.92 Å². The van der Waals surface area contributed by atoms with E-state index >= 15 is 0 Å². The number of carbonyl (C=O) groups is 1. The van der Waals surface area contributed by atoms with Gasteiger partial charge in [0, 0.05) is 19.2 Å².